The molecule has 1 aromatic heterocycles. The predicted octanol–water partition coefficient (Wildman–Crippen LogP) is 4.41. The largest absolute Gasteiger partial charge is 0.304 e. The van der Waals surface area contributed by atoms with Crippen molar-refractivity contribution in [3.8, 4) is 0 Å². The summed E-state index contributed by atoms with van der Waals surface area (Å²) in [4.78, 5) is 4.22. The van der Waals surface area contributed by atoms with Gasteiger partial charge in [-0.3, -0.25) is 0 Å². The van der Waals surface area contributed by atoms with Crippen molar-refractivity contribution in [1.29, 1.82) is 0 Å². The van der Waals surface area contributed by atoms with Gasteiger partial charge >= 0.3 is 0 Å². The predicted molar refractivity (Wildman–Crippen MR) is 76.5 cm³/mol. The number of thiazole rings is 1. The first-order chi connectivity index (χ1) is 8.16. The van der Waals surface area contributed by atoms with Crippen LogP contribution < -0.4 is 5.32 Å². The number of rotatable bonds is 4. The lowest BCUT2D eigenvalue weighted by Crippen LogP contribution is -2.18. The second kappa shape index (κ2) is 5.96. The number of nitrogens with one attached hydrogen (secondary N) is 1. The number of halogens is 2. The fourth-order valence-electron chi connectivity index (χ4n) is 1.55. The molecule has 0 unspecified atom stereocenters. The smallest absolute Gasteiger partial charge is 0.113 e. The highest BCUT2D eigenvalue weighted by molar-refractivity contribution is 9.10. The van der Waals surface area contributed by atoms with E-state index in [2.05, 4.69) is 39.2 Å². The van der Waals surface area contributed by atoms with Gasteiger partial charge in [-0.25, -0.2) is 4.98 Å². The van der Waals surface area contributed by atoms with Crippen molar-refractivity contribution in [2.75, 3.05) is 0 Å². The highest BCUT2D eigenvalue weighted by Gasteiger charge is 2.09. The maximum Gasteiger partial charge on any atom is 0.113 e. The van der Waals surface area contributed by atoms with Crippen molar-refractivity contribution in [1.82, 2.24) is 10.3 Å². The number of nitrogens with zero attached hydrogens (tertiary/aromatic N) is 1. The first-order valence-electron chi connectivity index (χ1n) is 5.25. The van der Waals surface area contributed by atoms with Crippen LogP contribution in [-0.2, 0) is 6.54 Å². The molecule has 0 aliphatic heterocycles. The fourth-order valence-corrected chi connectivity index (χ4v) is 3.08. The van der Waals surface area contributed by atoms with E-state index >= 15 is 0 Å². The van der Waals surface area contributed by atoms with Gasteiger partial charge in [0.1, 0.15) is 9.34 Å². The van der Waals surface area contributed by atoms with Crippen LogP contribution in [0.15, 0.2) is 34.9 Å². The summed E-state index contributed by atoms with van der Waals surface area (Å²) in [7, 11) is 0. The first kappa shape index (κ1) is 13.0. The second-order valence-corrected chi connectivity index (χ2v) is 6.28. The Hall–Kier alpha value is -0.420. The molecule has 1 atom stereocenters. The molecule has 0 saturated carbocycles. The minimum Gasteiger partial charge on any atom is -0.304 e. The summed E-state index contributed by atoms with van der Waals surface area (Å²) < 4.78 is 1.85. The van der Waals surface area contributed by atoms with E-state index in [1.807, 2.05) is 18.2 Å². The Morgan fingerprint density at radius 3 is 2.88 bits per heavy atom. The molecule has 0 bridgehead atoms. The number of benzene rings is 1. The van der Waals surface area contributed by atoms with Crippen LogP contribution in [0.1, 0.15) is 23.5 Å². The van der Waals surface area contributed by atoms with Crippen molar-refractivity contribution < 1.29 is 0 Å². The Morgan fingerprint density at radius 2 is 2.24 bits per heavy atom. The molecule has 0 spiro atoms. The number of hydrogen-bond acceptors (Lipinski definition) is 3. The van der Waals surface area contributed by atoms with Crippen molar-refractivity contribution in [3.05, 3.63) is 49.8 Å². The Kier molecular flexibility index (Phi) is 4.56. The van der Waals surface area contributed by atoms with Gasteiger partial charge in [0.2, 0.25) is 0 Å². The van der Waals surface area contributed by atoms with E-state index in [4.69, 9.17) is 11.6 Å². The molecule has 1 heterocycles. The molecular formula is C12H12BrClN2S. The molecule has 1 aromatic carbocycles. The maximum absolute atomic E-state index is 5.84. The second-order valence-electron chi connectivity index (χ2n) is 3.68. The molecule has 0 aliphatic rings. The maximum atomic E-state index is 5.84. The third-order valence-electron chi connectivity index (χ3n) is 2.46. The Balaban J connectivity index is 1.98. The van der Waals surface area contributed by atoms with Crippen LogP contribution in [0.2, 0.25) is 4.34 Å². The highest BCUT2D eigenvalue weighted by Crippen LogP contribution is 2.24. The van der Waals surface area contributed by atoms with Crippen molar-refractivity contribution in [2.24, 2.45) is 0 Å². The van der Waals surface area contributed by atoms with Crippen LogP contribution in [0.3, 0.4) is 0 Å². The van der Waals surface area contributed by atoms with Gasteiger partial charge in [0.15, 0.2) is 0 Å². The van der Waals surface area contributed by atoms with E-state index < -0.39 is 0 Å². The zero-order valence-electron chi connectivity index (χ0n) is 9.28. The van der Waals surface area contributed by atoms with Crippen LogP contribution in [-0.4, -0.2) is 4.98 Å². The van der Waals surface area contributed by atoms with E-state index in [1.165, 1.54) is 16.9 Å². The molecular weight excluding hydrogens is 320 g/mol. The molecule has 5 heteroatoms. The summed E-state index contributed by atoms with van der Waals surface area (Å²) in [5.74, 6) is 0. The Morgan fingerprint density at radius 1 is 1.47 bits per heavy atom. The summed E-state index contributed by atoms with van der Waals surface area (Å²) in [6.07, 6.45) is 1.69. The third kappa shape index (κ3) is 3.52. The van der Waals surface area contributed by atoms with Crippen molar-refractivity contribution in [3.63, 3.8) is 0 Å². The average Bonchev–Trinajstić information content (AvgIpc) is 2.73. The molecule has 2 nitrogen and oxygen atoms in total. The first-order valence-corrected chi connectivity index (χ1v) is 7.23. The van der Waals surface area contributed by atoms with Crippen molar-refractivity contribution in [2.45, 2.75) is 19.5 Å². The van der Waals surface area contributed by atoms with E-state index in [0.29, 0.717) is 0 Å². The van der Waals surface area contributed by atoms with Crippen LogP contribution in [0, 0.1) is 0 Å². The van der Waals surface area contributed by atoms with Crippen molar-refractivity contribution >= 4 is 38.9 Å². The quantitative estimate of drug-likeness (QED) is 0.897. The van der Waals surface area contributed by atoms with Gasteiger partial charge in [-0.15, -0.1) is 11.3 Å². The van der Waals surface area contributed by atoms with Gasteiger partial charge in [-0.2, -0.15) is 0 Å². The molecule has 2 rings (SSSR count). The van der Waals surface area contributed by atoms with Gasteiger partial charge in [0, 0.05) is 17.1 Å². The highest BCUT2D eigenvalue weighted by atomic mass is 79.9. The zero-order chi connectivity index (χ0) is 12.3. The van der Waals surface area contributed by atoms with E-state index in [1.54, 1.807) is 6.20 Å². The fraction of sp³-hybridized carbons (Fsp3) is 0.250. The molecule has 1 N–H and O–H groups in total. The van der Waals surface area contributed by atoms with Gasteiger partial charge in [0.05, 0.1) is 6.20 Å². The normalized spacial score (nSPS) is 12.6. The lowest BCUT2D eigenvalue weighted by atomic mass is 10.1. The van der Waals surface area contributed by atoms with Crippen LogP contribution in [0.25, 0.3) is 0 Å². The SMILES string of the molecule is C[C@H](NCc1ncc(Cl)s1)c1ccccc1Br. The minimum atomic E-state index is 0.272. The monoisotopic (exact) mass is 330 g/mol. The summed E-state index contributed by atoms with van der Waals surface area (Å²) in [6.45, 7) is 2.87. The van der Waals surface area contributed by atoms with Crippen LogP contribution in [0.5, 0.6) is 0 Å². The van der Waals surface area contributed by atoms with Gasteiger partial charge < -0.3 is 5.32 Å². The van der Waals surface area contributed by atoms with E-state index in [0.717, 1.165) is 20.4 Å². The lowest BCUT2D eigenvalue weighted by Gasteiger charge is -2.14. The van der Waals surface area contributed by atoms with Gasteiger partial charge in [-0.1, -0.05) is 45.7 Å². The zero-order valence-corrected chi connectivity index (χ0v) is 12.4. The topological polar surface area (TPSA) is 24.9 Å². The third-order valence-corrected chi connectivity index (χ3v) is 4.29. The molecule has 0 aliphatic carbocycles. The lowest BCUT2D eigenvalue weighted by molar-refractivity contribution is 0.571. The standard InChI is InChI=1S/C12H12BrClN2S/c1-8(9-4-2-3-5-10(9)13)15-7-12-16-6-11(14)17-12/h2-6,8,15H,7H2,1H3/t8-/m0/s1. The summed E-state index contributed by atoms with van der Waals surface area (Å²) in [6, 6.07) is 8.48. The van der Waals surface area contributed by atoms with Crippen LogP contribution >= 0.6 is 38.9 Å². The molecule has 0 fully saturated rings. The van der Waals surface area contributed by atoms with Gasteiger partial charge in [-0.05, 0) is 18.6 Å². The van der Waals surface area contributed by atoms with Gasteiger partial charge in [0.25, 0.3) is 0 Å². The Bertz CT molecular complexity index is 501. The Labute approximate surface area is 118 Å². The summed E-state index contributed by atoms with van der Waals surface area (Å²) >= 11 is 10.9. The molecule has 2 aromatic rings. The molecule has 0 radical (unpaired) electrons. The van der Waals surface area contributed by atoms with Crippen LogP contribution in [0.4, 0.5) is 0 Å². The summed E-state index contributed by atoms with van der Waals surface area (Å²) in [5, 5.41) is 4.44. The molecule has 0 amide bonds. The molecule has 17 heavy (non-hydrogen) atoms. The average molecular weight is 332 g/mol. The number of hydrogen-bond donors (Lipinski definition) is 1. The number of aromatic nitrogens is 1. The molecule has 0 saturated heterocycles. The van der Waals surface area contributed by atoms with E-state index in [9.17, 15) is 0 Å². The minimum absolute atomic E-state index is 0.272. The molecule has 90 valence electrons. The summed E-state index contributed by atoms with van der Waals surface area (Å²) in [5.41, 5.74) is 1.25. The van der Waals surface area contributed by atoms with E-state index in [-0.39, 0.29) is 6.04 Å².